The molecular weight excluding hydrogens is 248 g/mol. The summed E-state index contributed by atoms with van der Waals surface area (Å²) >= 11 is 3.67. The van der Waals surface area contributed by atoms with Crippen molar-refractivity contribution in [1.29, 1.82) is 0 Å². The van der Waals surface area contributed by atoms with Crippen molar-refractivity contribution in [1.82, 2.24) is 9.88 Å². The van der Waals surface area contributed by atoms with E-state index in [2.05, 4.69) is 41.9 Å². The van der Waals surface area contributed by atoms with E-state index in [0.29, 0.717) is 0 Å². The number of hydrogen-bond donors (Lipinski definition) is 0. The second-order valence-corrected chi connectivity index (χ2v) is 6.20. The van der Waals surface area contributed by atoms with Gasteiger partial charge in [-0.3, -0.25) is 0 Å². The molecule has 0 unspecified atom stereocenters. The first-order chi connectivity index (χ1) is 8.33. The smallest absolute Gasteiger partial charge is 0.151 e. The number of thiazole rings is 1. The molecule has 92 valence electrons. The Labute approximate surface area is 111 Å². The van der Waals surface area contributed by atoms with Crippen LogP contribution >= 0.6 is 23.1 Å². The Morgan fingerprint density at radius 3 is 2.71 bits per heavy atom. The highest BCUT2D eigenvalue weighted by Crippen LogP contribution is 2.29. The van der Waals surface area contributed by atoms with Crippen LogP contribution < -0.4 is 0 Å². The van der Waals surface area contributed by atoms with Crippen molar-refractivity contribution in [2.75, 3.05) is 25.4 Å². The van der Waals surface area contributed by atoms with Crippen LogP contribution in [0, 0.1) is 0 Å². The summed E-state index contributed by atoms with van der Waals surface area (Å²) in [4.78, 5) is 7.07. The fourth-order valence-corrected chi connectivity index (χ4v) is 3.85. The van der Waals surface area contributed by atoms with Gasteiger partial charge in [-0.15, -0.1) is 11.3 Å². The minimum Gasteiger partial charge on any atom is -0.303 e. The molecule has 0 aliphatic carbocycles. The molecule has 2 nitrogen and oxygen atoms in total. The molecule has 17 heavy (non-hydrogen) atoms. The first kappa shape index (κ1) is 12.9. The van der Waals surface area contributed by atoms with Crippen LogP contribution in [-0.4, -0.2) is 35.3 Å². The minimum absolute atomic E-state index is 1.13. The summed E-state index contributed by atoms with van der Waals surface area (Å²) in [6, 6.07) is 8.35. The zero-order valence-electron chi connectivity index (χ0n) is 10.3. The molecular formula is C13H18N2S2. The molecule has 0 spiro atoms. The largest absolute Gasteiger partial charge is 0.303 e. The lowest BCUT2D eigenvalue weighted by atomic mass is 10.3. The van der Waals surface area contributed by atoms with Crippen molar-refractivity contribution in [3.63, 3.8) is 0 Å². The topological polar surface area (TPSA) is 16.1 Å². The third-order valence-corrected chi connectivity index (χ3v) is 4.96. The van der Waals surface area contributed by atoms with Crippen LogP contribution in [-0.2, 0) is 0 Å². The first-order valence-corrected chi connectivity index (χ1v) is 7.84. The molecule has 1 aromatic heterocycles. The Morgan fingerprint density at radius 1 is 1.24 bits per heavy atom. The lowest BCUT2D eigenvalue weighted by Crippen LogP contribution is -2.25. The fourth-order valence-electron chi connectivity index (χ4n) is 1.71. The number of fused-ring (bicyclic) bond motifs is 1. The molecule has 0 aliphatic rings. The summed E-state index contributed by atoms with van der Waals surface area (Å²) in [5, 5.41) is 0. The highest BCUT2D eigenvalue weighted by molar-refractivity contribution is 8.01. The van der Waals surface area contributed by atoms with Gasteiger partial charge in [-0.25, -0.2) is 4.98 Å². The van der Waals surface area contributed by atoms with Crippen LogP contribution in [0.15, 0.2) is 28.6 Å². The molecule has 4 heteroatoms. The number of rotatable bonds is 6. The molecule has 0 amide bonds. The molecule has 0 atom stereocenters. The summed E-state index contributed by atoms with van der Waals surface area (Å²) in [5.41, 5.74) is 1.13. The highest BCUT2D eigenvalue weighted by Gasteiger charge is 2.04. The third kappa shape index (κ3) is 3.44. The van der Waals surface area contributed by atoms with Crippen molar-refractivity contribution in [3.8, 4) is 0 Å². The maximum absolute atomic E-state index is 4.62. The second-order valence-electron chi connectivity index (χ2n) is 3.82. The summed E-state index contributed by atoms with van der Waals surface area (Å²) < 4.78 is 2.48. The summed E-state index contributed by atoms with van der Waals surface area (Å²) in [6.07, 6.45) is 0. The lowest BCUT2D eigenvalue weighted by molar-refractivity contribution is 0.324. The predicted molar refractivity (Wildman–Crippen MR) is 78.1 cm³/mol. The average molecular weight is 266 g/mol. The zero-order valence-corrected chi connectivity index (χ0v) is 12.0. The number of nitrogens with zero attached hydrogens (tertiary/aromatic N) is 2. The van der Waals surface area contributed by atoms with Crippen molar-refractivity contribution in [3.05, 3.63) is 24.3 Å². The standard InChI is InChI=1S/C13H18N2S2/c1-3-15(4-2)9-10-16-13-14-11-7-5-6-8-12(11)17-13/h5-8H,3-4,9-10H2,1-2H3. The number of aromatic nitrogens is 1. The van der Waals surface area contributed by atoms with E-state index in [-0.39, 0.29) is 0 Å². The quantitative estimate of drug-likeness (QED) is 0.741. The Kier molecular flexibility index (Phi) is 4.83. The van der Waals surface area contributed by atoms with E-state index in [0.717, 1.165) is 30.9 Å². The molecule has 1 aromatic carbocycles. The highest BCUT2D eigenvalue weighted by atomic mass is 32.2. The lowest BCUT2D eigenvalue weighted by Gasteiger charge is -2.16. The van der Waals surface area contributed by atoms with Gasteiger partial charge in [0, 0.05) is 12.3 Å². The van der Waals surface area contributed by atoms with Crippen LogP contribution in [0.1, 0.15) is 13.8 Å². The van der Waals surface area contributed by atoms with E-state index in [4.69, 9.17) is 0 Å². The Hall–Kier alpha value is -0.580. The first-order valence-electron chi connectivity index (χ1n) is 6.04. The van der Waals surface area contributed by atoms with Gasteiger partial charge in [-0.05, 0) is 25.2 Å². The second kappa shape index (κ2) is 6.38. The van der Waals surface area contributed by atoms with Crippen molar-refractivity contribution < 1.29 is 0 Å². The van der Waals surface area contributed by atoms with Gasteiger partial charge in [0.2, 0.25) is 0 Å². The third-order valence-electron chi connectivity index (χ3n) is 2.80. The Morgan fingerprint density at radius 2 is 2.00 bits per heavy atom. The molecule has 1 heterocycles. The number of benzene rings is 1. The molecule has 0 bridgehead atoms. The molecule has 0 fully saturated rings. The van der Waals surface area contributed by atoms with E-state index >= 15 is 0 Å². The predicted octanol–water partition coefficient (Wildman–Crippen LogP) is 3.73. The van der Waals surface area contributed by atoms with Gasteiger partial charge in [0.15, 0.2) is 4.34 Å². The van der Waals surface area contributed by atoms with Gasteiger partial charge in [0.1, 0.15) is 0 Å². The summed E-state index contributed by atoms with van der Waals surface area (Å²) in [5.74, 6) is 1.13. The van der Waals surface area contributed by atoms with Gasteiger partial charge in [0.05, 0.1) is 10.2 Å². The van der Waals surface area contributed by atoms with Crippen molar-refractivity contribution >= 4 is 33.3 Å². The van der Waals surface area contributed by atoms with Gasteiger partial charge < -0.3 is 4.90 Å². The van der Waals surface area contributed by atoms with Crippen LogP contribution in [0.3, 0.4) is 0 Å². The summed E-state index contributed by atoms with van der Waals surface area (Å²) in [7, 11) is 0. The fraction of sp³-hybridized carbons (Fsp3) is 0.462. The van der Waals surface area contributed by atoms with E-state index < -0.39 is 0 Å². The number of para-hydroxylation sites is 1. The van der Waals surface area contributed by atoms with Gasteiger partial charge in [-0.2, -0.15) is 0 Å². The van der Waals surface area contributed by atoms with E-state index in [1.165, 1.54) is 9.04 Å². The molecule has 0 radical (unpaired) electrons. The van der Waals surface area contributed by atoms with Gasteiger partial charge >= 0.3 is 0 Å². The number of hydrogen-bond acceptors (Lipinski definition) is 4. The van der Waals surface area contributed by atoms with Gasteiger partial charge in [0.25, 0.3) is 0 Å². The van der Waals surface area contributed by atoms with Crippen molar-refractivity contribution in [2.24, 2.45) is 0 Å². The molecule has 0 saturated carbocycles. The Bertz CT molecular complexity index is 430. The van der Waals surface area contributed by atoms with Gasteiger partial charge in [-0.1, -0.05) is 37.7 Å². The minimum atomic E-state index is 1.13. The average Bonchev–Trinajstić information content (AvgIpc) is 2.77. The van der Waals surface area contributed by atoms with Crippen LogP contribution in [0.2, 0.25) is 0 Å². The van der Waals surface area contributed by atoms with Crippen LogP contribution in [0.25, 0.3) is 10.2 Å². The maximum atomic E-state index is 4.62. The SMILES string of the molecule is CCN(CC)CCSc1nc2ccccc2s1. The molecule has 0 saturated heterocycles. The molecule has 0 aliphatic heterocycles. The van der Waals surface area contributed by atoms with Crippen molar-refractivity contribution in [2.45, 2.75) is 18.2 Å². The molecule has 2 aromatic rings. The normalized spacial score (nSPS) is 11.5. The van der Waals surface area contributed by atoms with E-state index in [9.17, 15) is 0 Å². The van der Waals surface area contributed by atoms with E-state index in [1.807, 2.05) is 17.8 Å². The number of thioether (sulfide) groups is 1. The zero-order chi connectivity index (χ0) is 12.1. The van der Waals surface area contributed by atoms with E-state index in [1.54, 1.807) is 11.3 Å². The molecule has 0 N–H and O–H groups in total. The summed E-state index contributed by atoms with van der Waals surface area (Å²) in [6.45, 7) is 7.85. The molecule has 2 rings (SSSR count). The monoisotopic (exact) mass is 266 g/mol. The maximum Gasteiger partial charge on any atom is 0.151 e. The Balaban J connectivity index is 1.90. The van der Waals surface area contributed by atoms with Crippen LogP contribution in [0.4, 0.5) is 0 Å². The van der Waals surface area contributed by atoms with Crippen LogP contribution in [0.5, 0.6) is 0 Å².